The first-order chi connectivity index (χ1) is 17.0. The topological polar surface area (TPSA) is 55.7 Å². The van der Waals surface area contributed by atoms with Gasteiger partial charge >= 0.3 is 0 Å². The van der Waals surface area contributed by atoms with Gasteiger partial charge in [0.1, 0.15) is 6.61 Å². The third-order valence-corrected chi connectivity index (χ3v) is 7.76. The lowest BCUT2D eigenvalue weighted by molar-refractivity contribution is 0.167. The molecule has 0 saturated carbocycles. The number of methoxy groups -OCH3 is 1. The first kappa shape index (κ1) is 23.6. The highest BCUT2D eigenvalue weighted by Crippen LogP contribution is 2.38. The number of ether oxygens (including phenoxy) is 2. The molecule has 0 unspecified atom stereocenters. The second-order valence-corrected chi connectivity index (χ2v) is 10.2. The molecular formula is C28H31N3O3S. The second-order valence-electron chi connectivity index (χ2n) is 9.08. The Balaban J connectivity index is 1.51. The largest absolute Gasteiger partial charge is 0.493 e. The number of fused-ring (bicyclic) bond motifs is 1. The van der Waals surface area contributed by atoms with Crippen LogP contribution in [-0.2, 0) is 20.2 Å². The molecule has 0 radical (unpaired) electrons. The molecule has 1 atom stereocenters. The van der Waals surface area contributed by atoms with Crippen molar-refractivity contribution in [2.45, 2.75) is 26.1 Å². The van der Waals surface area contributed by atoms with E-state index in [1.807, 2.05) is 61.8 Å². The number of hydrogen-bond donors (Lipinski definition) is 1. The smallest absolute Gasteiger partial charge is 0.259 e. The molecule has 182 valence electrons. The van der Waals surface area contributed by atoms with Gasteiger partial charge in [0.2, 0.25) is 0 Å². The Kier molecular flexibility index (Phi) is 6.90. The van der Waals surface area contributed by atoms with Gasteiger partial charge < -0.3 is 19.4 Å². The molecule has 35 heavy (non-hydrogen) atoms. The van der Waals surface area contributed by atoms with Gasteiger partial charge in [0, 0.05) is 60.6 Å². The monoisotopic (exact) mass is 489 g/mol. The summed E-state index contributed by atoms with van der Waals surface area (Å²) in [6.07, 6.45) is 1.93. The maximum atomic E-state index is 13.0. The van der Waals surface area contributed by atoms with Crippen LogP contribution in [0.4, 0.5) is 0 Å². The van der Waals surface area contributed by atoms with Crippen molar-refractivity contribution in [1.82, 2.24) is 14.8 Å². The number of piperazine rings is 1. The zero-order valence-electron chi connectivity index (χ0n) is 20.4. The molecule has 1 saturated heterocycles. The van der Waals surface area contributed by atoms with Gasteiger partial charge in [-0.2, -0.15) is 0 Å². The number of nitrogens with one attached hydrogen (secondary N) is 1. The van der Waals surface area contributed by atoms with Crippen LogP contribution in [0, 0.1) is 0 Å². The number of pyridine rings is 1. The van der Waals surface area contributed by atoms with Crippen molar-refractivity contribution in [3.63, 3.8) is 0 Å². The molecule has 7 heteroatoms. The SMILES string of the molecule is COc1ccc(-c2cn(C)c(=O)c3cc(CN4CCNC[C@@H]4C)sc23)cc1OCc1ccccc1. The Morgan fingerprint density at radius 1 is 1.11 bits per heavy atom. The van der Waals surface area contributed by atoms with Crippen LogP contribution in [0.15, 0.2) is 65.6 Å². The summed E-state index contributed by atoms with van der Waals surface area (Å²) in [5.74, 6) is 1.37. The maximum absolute atomic E-state index is 13.0. The van der Waals surface area contributed by atoms with E-state index in [1.165, 1.54) is 4.88 Å². The van der Waals surface area contributed by atoms with Crippen molar-refractivity contribution in [1.29, 1.82) is 0 Å². The molecule has 0 bridgehead atoms. The van der Waals surface area contributed by atoms with Gasteiger partial charge in [-0.3, -0.25) is 9.69 Å². The average Bonchev–Trinajstić information content (AvgIpc) is 3.31. The van der Waals surface area contributed by atoms with E-state index in [2.05, 4.69) is 23.2 Å². The average molecular weight is 490 g/mol. The van der Waals surface area contributed by atoms with Crippen LogP contribution in [0.2, 0.25) is 0 Å². The lowest BCUT2D eigenvalue weighted by Crippen LogP contribution is -2.49. The van der Waals surface area contributed by atoms with E-state index < -0.39 is 0 Å². The molecule has 0 spiro atoms. The van der Waals surface area contributed by atoms with E-state index in [1.54, 1.807) is 23.0 Å². The fraction of sp³-hybridized carbons (Fsp3) is 0.321. The standard InChI is InChI=1S/C28H31N3O3S/c1-19-15-29-11-12-31(19)16-22-14-23-27(35-22)24(17-30(2)28(23)32)21-9-10-25(33-3)26(13-21)34-18-20-7-5-4-6-8-20/h4-10,13-14,17,19,29H,11-12,15-16,18H2,1-3H3/t19-/m0/s1. The lowest BCUT2D eigenvalue weighted by Gasteiger charge is -2.33. The molecule has 0 amide bonds. The second kappa shape index (κ2) is 10.2. The van der Waals surface area contributed by atoms with E-state index in [0.29, 0.717) is 24.1 Å². The molecule has 0 aliphatic carbocycles. The zero-order chi connectivity index (χ0) is 24.4. The van der Waals surface area contributed by atoms with Crippen molar-refractivity contribution in [3.8, 4) is 22.6 Å². The fourth-order valence-electron chi connectivity index (χ4n) is 4.60. The molecule has 1 fully saturated rings. The predicted octanol–water partition coefficient (Wildman–Crippen LogP) is 4.65. The maximum Gasteiger partial charge on any atom is 0.259 e. The van der Waals surface area contributed by atoms with Gasteiger partial charge in [0.25, 0.3) is 5.56 Å². The Labute approximate surface area is 209 Å². The number of rotatable bonds is 7. The number of hydrogen-bond acceptors (Lipinski definition) is 6. The van der Waals surface area contributed by atoms with Crippen LogP contribution in [0.5, 0.6) is 11.5 Å². The minimum absolute atomic E-state index is 0.0358. The van der Waals surface area contributed by atoms with E-state index >= 15 is 0 Å². The molecule has 3 heterocycles. The van der Waals surface area contributed by atoms with Gasteiger partial charge in [-0.05, 0) is 36.2 Å². The van der Waals surface area contributed by atoms with Crippen LogP contribution in [0.1, 0.15) is 17.4 Å². The van der Waals surface area contributed by atoms with Crippen LogP contribution in [-0.4, -0.2) is 42.3 Å². The van der Waals surface area contributed by atoms with Crippen LogP contribution in [0.3, 0.4) is 0 Å². The summed E-state index contributed by atoms with van der Waals surface area (Å²) in [6, 6.07) is 18.6. The van der Waals surface area contributed by atoms with Crippen molar-refractivity contribution >= 4 is 21.4 Å². The van der Waals surface area contributed by atoms with Crippen LogP contribution in [0.25, 0.3) is 21.2 Å². The van der Waals surface area contributed by atoms with Crippen molar-refractivity contribution < 1.29 is 9.47 Å². The molecule has 5 rings (SSSR count). The number of nitrogens with zero attached hydrogens (tertiary/aromatic N) is 2. The number of thiophene rings is 1. The first-order valence-corrected chi connectivity index (χ1v) is 12.8. The molecule has 4 aromatic rings. The van der Waals surface area contributed by atoms with Gasteiger partial charge in [-0.15, -0.1) is 11.3 Å². The minimum Gasteiger partial charge on any atom is -0.493 e. The lowest BCUT2D eigenvalue weighted by atomic mass is 10.1. The van der Waals surface area contributed by atoms with Gasteiger partial charge in [-0.1, -0.05) is 36.4 Å². The predicted molar refractivity (Wildman–Crippen MR) is 143 cm³/mol. The first-order valence-electron chi connectivity index (χ1n) is 12.0. The van der Waals surface area contributed by atoms with E-state index in [4.69, 9.17) is 9.47 Å². The van der Waals surface area contributed by atoms with Gasteiger partial charge in [-0.25, -0.2) is 0 Å². The summed E-state index contributed by atoms with van der Waals surface area (Å²) < 4.78 is 14.4. The molecule has 6 nitrogen and oxygen atoms in total. The highest BCUT2D eigenvalue weighted by molar-refractivity contribution is 7.19. The summed E-state index contributed by atoms with van der Waals surface area (Å²) in [7, 11) is 3.47. The van der Waals surface area contributed by atoms with Crippen molar-refractivity contribution in [3.05, 3.63) is 81.6 Å². The zero-order valence-corrected chi connectivity index (χ0v) is 21.2. The Morgan fingerprint density at radius 3 is 2.71 bits per heavy atom. The molecule has 2 aromatic carbocycles. The summed E-state index contributed by atoms with van der Waals surface area (Å²) in [5.41, 5.74) is 3.15. The van der Waals surface area contributed by atoms with Crippen LogP contribution < -0.4 is 20.3 Å². The van der Waals surface area contributed by atoms with Crippen molar-refractivity contribution in [2.75, 3.05) is 26.7 Å². The third kappa shape index (κ3) is 4.98. The summed E-state index contributed by atoms with van der Waals surface area (Å²) in [6.45, 7) is 6.57. The van der Waals surface area contributed by atoms with Crippen LogP contribution >= 0.6 is 11.3 Å². The normalized spacial score (nSPS) is 16.5. The van der Waals surface area contributed by atoms with E-state index in [0.717, 1.165) is 53.0 Å². The van der Waals surface area contributed by atoms with Gasteiger partial charge in [0.05, 0.1) is 12.5 Å². The quantitative estimate of drug-likeness (QED) is 0.410. The van der Waals surface area contributed by atoms with E-state index in [-0.39, 0.29) is 5.56 Å². The highest BCUT2D eigenvalue weighted by atomic mass is 32.1. The summed E-state index contributed by atoms with van der Waals surface area (Å²) in [4.78, 5) is 16.7. The Hall–Kier alpha value is -3.13. The van der Waals surface area contributed by atoms with Gasteiger partial charge in [0.15, 0.2) is 11.5 Å². The van der Waals surface area contributed by atoms with Crippen molar-refractivity contribution in [2.24, 2.45) is 7.05 Å². The van der Waals surface area contributed by atoms with E-state index in [9.17, 15) is 4.79 Å². The molecule has 1 N–H and O–H groups in total. The molecule has 1 aliphatic rings. The number of aryl methyl sites for hydroxylation is 1. The number of benzene rings is 2. The minimum atomic E-state index is 0.0358. The Morgan fingerprint density at radius 2 is 1.94 bits per heavy atom. The fourth-order valence-corrected chi connectivity index (χ4v) is 5.80. The highest BCUT2D eigenvalue weighted by Gasteiger charge is 2.21. The molecule has 1 aliphatic heterocycles. The molecule has 2 aromatic heterocycles. The summed E-state index contributed by atoms with van der Waals surface area (Å²) >= 11 is 1.72. The molecular weight excluding hydrogens is 458 g/mol. The third-order valence-electron chi connectivity index (χ3n) is 6.61. The summed E-state index contributed by atoms with van der Waals surface area (Å²) in [5, 5.41) is 4.22. The number of aromatic nitrogens is 1. The Bertz CT molecular complexity index is 1380.